The van der Waals surface area contributed by atoms with E-state index in [1.165, 1.54) is 0 Å². The molecule has 0 saturated heterocycles. The van der Waals surface area contributed by atoms with Gasteiger partial charge in [0.25, 0.3) is 0 Å². The fourth-order valence-electron chi connectivity index (χ4n) is 1.35. The molecule has 1 aromatic heterocycles. The number of aliphatic hydroxyl groups excluding tert-OH is 1. The zero-order valence-electron chi connectivity index (χ0n) is 9.77. The summed E-state index contributed by atoms with van der Waals surface area (Å²) in [5.74, 6) is 1.22. The van der Waals surface area contributed by atoms with E-state index in [2.05, 4.69) is 4.98 Å². The van der Waals surface area contributed by atoms with Crippen molar-refractivity contribution in [3.8, 4) is 0 Å². The number of rotatable bonds is 7. The van der Waals surface area contributed by atoms with Crippen LogP contribution in [0.2, 0.25) is 0 Å². The van der Waals surface area contributed by atoms with Gasteiger partial charge < -0.3 is 14.5 Å². The van der Waals surface area contributed by atoms with Crippen molar-refractivity contribution in [2.75, 3.05) is 5.75 Å². The molecule has 1 rings (SSSR count). The van der Waals surface area contributed by atoms with Crippen LogP contribution in [0, 0.1) is 0 Å². The molecule has 0 saturated carbocycles. The van der Waals surface area contributed by atoms with E-state index in [4.69, 9.17) is 5.11 Å². The first kappa shape index (κ1) is 13.3. The molecule has 0 aromatic carbocycles. The summed E-state index contributed by atoms with van der Waals surface area (Å²) in [6, 6.07) is 0. The summed E-state index contributed by atoms with van der Waals surface area (Å²) < 4.78 is 1.90. The number of imidazole rings is 1. The Balaban J connectivity index is 2.26. The van der Waals surface area contributed by atoms with Crippen molar-refractivity contribution in [3.63, 3.8) is 0 Å². The number of aliphatic hydroxyl groups is 1. The van der Waals surface area contributed by atoms with E-state index in [0.29, 0.717) is 6.42 Å². The van der Waals surface area contributed by atoms with Crippen molar-refractivity contribution in [1.82, 2.24) is 9.55 Å². The Kier molecular flexibility index (Phi) is 5.55. The van der Waals surface area contributed by atoms with Gasteiger partial charge >= 0.3 is 0 Å². The second-order valence-corrected chi connectivity index (χ2v) is 4.82. The van der Waals surface area contributed by atoms with E-state index in [0.717, 1.165) is 29.4 Å². The fourth-order valence-corrected chi connectivity index (χ4v) is 2.32. The number of Topliss-reactive ketones (excluding diaryl/α,β-unsaturated/α-hetero) is 1. The molecule has 0 unspecified atom stereocenters. The van der Waals surface area contributed by atoms with Gasteiger partial charge in [0.15, 0.2) is 5.16 Å². The number of thioether (sulfide) groups is 1. The lowest BCUT2D eigenvalue weighted by atomic mass is 10.2. The predicted molar refractivity (Wildman–Crippen MR) is 64.4 cm³/mol. The summed E-state index contributed by atoms with van der Waals surface area (Å²) in [6.45, 7) is 1.65. The molecule has 1 N–H and O–H groups in total. The minimum absolute atomic E-state index is 0.0222. The van der Waals surface area contributed by atoms with Gasteiger partial charge in [0, 0.05) is 19.2 Å². The van der Waals surface area contributed by atoms with E-state index >= 15 is 0 Å². The number of unbranched alkanes of at least 4 members (excludes halogenated alkanes) is 1. The van der Waals surface area contributed by atoms with Gasteiger partial charge in [-0.2, -0.15) is 0 Å². The zero-order valence-corrected chi connectivity index (χ0v) is 10.6. The SMILES string of the molecule is CC(=O)CCCCSc1ncc(CO)n1C. The van der Waals surface area contributed by atoms with Crippen molar-refractivity contribution >= 4 is 17.5 Å². The smallest absolute Gasteiger partial charge is 0.167 e. The molecule has 16 heavy (non-hydrogen) atoms. The van der Waals surface area contributed by atoms with Crippen LogP contribution < -0.4 is 0 Å². The molecule has 0 fully saturated rings. The third kappa shape index (κ3) is 3.98. The van der Waals surface area contributed by atoms with Gasteiger partial charge in [0.1, 0.15) is 5.78 Å². The zero-order chi connectivity index (χ0) is 12.0. The molecule has 0 aliphatic heterocycles. The molecular weight excluding hydrogens is 224 g/mol. The Bertz CT molecular complexity index is 350. The van der Waals surface area contributed by atoms with Crippen LogP contribution in [0.3, 0.4) is 0 Å². The lowest BCUT2D eigenvalue weighted by Gasteiger charge is -2.03. The Morgan fingerprint density at radius 3 is 2.88 bits per heavy atom. The lowest BCUT2D eigenvalue weighted by molar-refractivity contribution is -0.117. The third-order valence-corrected chi connectivity index (χ3v) is 3.49. The summed E-state index contributed by atoms with van der Waals surface area (Å²) in [6.07, 6.45) is 4.33. The van der Waals surface area contributed by atoms with Gasteiger partial charge in [-0.15, -0.1) is 0 Å². The molecule has 0 amide bonds. The minimum atomic E-state index is 0.0222. The Hall–Kier alpha value is -0.810. The topological polar surface area (TPSA) is 55.1 Å². The number of hydrogen-bond donors (Lipinski definition) is 1. The average molecular weight is 242 g/mol. The molecule has 0 aliphatic carbocycles. The maximum atomic E-state index is 10.7. The van der Waals surface area contributed by atoms with Crippen LogP contribution in [0.4, 0.5) is 0 Å². The van der Waals surface area contributed by atoms with Crippen LogP contribution in [0.25, 0.3) is 0 Å². The molecule has 1 aromatic rings. The number of carbonyl (C=O) groups excluding carboxylic acids is 1. The van der Waals surface area contributed by atoms with E-state index in [-0.39, 0.29) is 12.4 Å². The highest BCUT2D eigenvalue weighted by Crippen LogP contribution is 2.18. The van der Waals surface area contributed by atoms with Crippen molar-refractivity contribution in [2.24, 2.45) is 7.05 Å². The van der Waals surface area contributed by atoms with Gasteiger partial charge in [-0.25, -0.2) is 4.98 Å². The van der Waals surface area contributed by atoms with Crippen LogP contribution in [-0.2, 0) is 18.4 Å². The molecule has 0 spiro atoms. The van der Waals surface area contributed by atoms with Crippen LogP contribution in [0.1, 0.15) is 31.9 Å². The highest BCUT2D eigenvalue weighted by Gasteiger charge is 2.05. The number of aromatic nitrogens is 2. The quantitative estimate of drug-likeness (QED) is 0.585. The summed E-state index contributed by atoms with van der Waals surface area (Å²) >= 11 is 1.66. The Morgan fingerprint density at radius 2 is 2.31 bits per heavy atom. The molecular formula is C11H18N2O2S. The first-order valence-corrected chi connectivity index (χ1v) is 6.37. The molecule has 1 heterocycles. The molecule has 5 heteroatoms. The largest absolute Gasteiger partial charge is 0.390 e. The van der Waals surface area contributed by atoms with Gasteiger partial charge in [-0.3, -0.25) is 0 Å². The first-order chi connectivity index (χ1) is 7.65. The second kappa shape index (κ2) is 6.70. The Morgan fingerprint density at radius 1 is 1.56 bits per heavy atom. The highest BCUT2D eigenvalue weighted by atomic mass is 32.2. The fraction of sp³-hybridized carbons (Fsp3) is 0.636. The Labute approximate surface area is 100 Å². The number of carbonyl (C=O) groups is 1. The molecule has 4 nitrogen and oxygen atoms in total. The highest BCUT2D eigenvalue weighted by molar-refractivity contribution is 7.99. The van der Waals surface area contributed by atoms with Gasteiger partial charge in [0.2, 0.25) is 0 Å². The number of hydrogen-bond acceptors (Lipinski definition) is 4. The molecule has 90 valence electrons. The normalized spacial score (nSPS) is 10.7. The first-order valence-electron chi connectivity index (χ1n) is 5.39. The molecule has 0 radical (unpaired) electrons. The molecule has 0 aliphatic rings. The van der Waals surface area contributed by atoms with Crippen LogP contribution in [0.5, 0.6) is 0 Å². The van der Waals surface area contributed by atoms with Crippen LogP contribution >= 0.6 is 11.8 Å². The van der Waals surface area contributed by atoms with E-state index < -0.39 is 0 Å². The summed E-state index contributed by atoms with van der Waals surface area (Å²) in [7, 11) is 1.90. The van der Waals surface area contributed by atoms with Gasteiger partial charge in [0.05, 0.1) is 18.5 Å². The standard InChI is InChI=1S/C11H18N2O2S/c1-9(15)5-3-4-6-16-11-12-7-10(8-14)13(11)2/h7,14H,3-6,8H2,1-2H3. The lowest BCUT2D eigenvalue weighted by Crippen LogP contribution is -1.98. The van der Waals surface area contributed by atoms with Gasteiger partial charge in [-0.05, 0) is 19.8 Å². The molecule has 0 bridgehead atoms. The third-order valence-electron chi connectivity index (χ3n) is 2.36. The predicted octanol–water partition coefficient (Wildman–Crippen LogP) is 1.76. The number of nitrogens with zero attached hydrogens (tertiary/aromatic N) is 2. The van der Waals surface area contributed by atoms with E-state index in [1.807, 2.05) is 11.6 Å². The monoisotopic (exact) mass is 242 g/mol. The summed E-state index contributed by atoms with van der Waals surface area (Å²) in [4.78, 5) is 14.9. The van der Waals surface area contributed by atoms with Gasteiger partial charge in [-0.1, -0.05) is 11.8 Å². The second-order valence-electron chi connectivity index (χ2n) is 3.76. The van der Waals surface area contributed by atoms with Crippen LogP contribution in [0.15, 0.2) is 11.4 Å². The summed E-state index contributed by atoms with van der Waals surface area (Å²) in [5.41, 5.74) is 0.825. The van der Waals surface area contributed by atoms with Crippen LogP contribution in [-0.4, -0.2) is 26.2 Å². The maximum absolute atomic E-state index is 10.7. The van der Waals surface area contributed by atoms with Crippen molar-refractivity contribution in [2.45, 2.75) is 37.9 Å². The van der Waals surface area contributed by atoms with Crippen molar-refractivity contribution in [1.29, 1.82) is 0 Å². The van der Waals surface area contributed by atoms with Crippen molar-refractivity contribution in [3.05, 3.63) is 11.9 Å². The average Bonchev–Trinajstić information content (AvgIpc) is 2.59. The van der Waals surface area contributed by atoms with E-state index in [9.17, 15) is 4.79 Å². The maximum Gasteiger partial charge on any atom is 0.167 e. The molecule has 0 atom stereocenters. The summed E-state index contributed by atoms with van der Waals surface area (Å²) in [5, 5.41) is 9.92. The minimum Gasteiger partial charge on any atom is -0.390 e. The number of ketones is 1. The van der Waals surface area contributed by atoms with Crippen molar-refractivity contribution < 1.29 is 9.90 Å². The van der Waals surface area contributed by atoms with E-state index in [1.54, 1.807) is 24.9 Å².